The van der Waals surface area contributed by atoms with Crippen molar-refractivity contribution in [3.05, 3.63) is 30.1 Å². The van der Waals surface area contributed by atoms with Crippen molar-refractivity contribution in [3.8, 4) is 0 Å². The smallest absolute Gasteiger partial charge is 0.227 e. The van der Waals surface area contributed by atoms with Crippen LogP contribution >= 0.6 is 0 Å². The van der Waals surface area contributed by atoms with Crippen molar-refractivity contribution in [3.63, 3.8) is 0 Å². The van der Waals surface area contributed by atoms with Crippen molar-refractivity contribution in [2.24, 2.45) is 10.4 Å². The van der Waals surface area contributed by atoms with Crippen molar-refractivity contribution in [2.45, 2.75) is 27.3 Å². The second-order valence-electron chi connectivity index (χ2n) is 5.33. The van der Waals surface area contributed by atoms with Gasteiger partial charge in [0.05, 0.1) is 17.7 Å². The quantitative estimate of drug-likeness (QED) is 0.538. The summed E-state index contributed by atoms with van der Waals surface area (Å²) in [4.78, 5) is 20.5. The third-order valence-electron chi connectivity index (χ3n) is 3.01. The number of rotatable bonds is 6. The molecule has 0 unspecified atom stereocenters. The van der Waals surface area contributed by atoms with Crippen LogP contribution in [0.2, 0.25) is 0 Å². The molecule has 0 radical (unpaired) electrons. The minimum absolute atomic E-state index is 0.00410. The lowest BCUT2D eigenvalue weighted by atomic mass is 9.92. The normalized spacial score (nSPS) is 11.9. The van der Waals surface area contributed by atoms with Gasteiger partial charge in [0.15, 0.2) is 5.96 Å². The summed E-state index contributed by atoms with van der Waals surface area (Å²) in [5, 5.41) is 9.03. The van der Waals surface area contributed by atoms with Gasteiger partial charge in [-0.3, -0.25) is 9.78 Å². The van der Waals surface area contributed by atoms with E-state index in [9.17, 15) is 4.79 Å². The van der Waals surface area contributed by atoms with Gasteiger partial charge in [0.25, 0.3) is 0 Å². The third kappa shape index (κ3) is 5.81. The summed E-state index contributed by atoms with van der Waals surface area (Å²) >= 11 is 0. The summed E-state index contributed by atoms with van der Waals surface area (Å²) in [5.74, 6) is 0.677. The van der Waals surface area contributed by atoms with Gasteiger partial charge in [0, 0.05) is 26.3 Å². The second kappa shape index (κ2) is 8.24. The maximum Gasteiger partial charge on any atom is 0.227 e. The number of aliphatic imine (C=N–C) groups is 1. The second-order valence-corrected chi connectivity index (χ2v) is 5.33. The average molecular weight is 291 g/mol. The van der Waals surface area contributed by atoms with Crippen LogP contribution in [-0.4, -0.2) is 37.0 Å². The van der Waals surface area contributed by atoms with Gasteiger partial charge in [-0.15, -0.1) is 0 Å². The predicted octanol–water partition coefficient (Wildman–Crippen LogP) is 0.909. The largest absolute Gasteiger partial charge is 0.359 e. The molecule has 1 aromatic heterocycles. The van der Waals surface area contributed by atoms with Crippen molar-refractivity contribution < 1.29 is 4.79 Å². The molecule has 0 aliphatic heterocycles. The molecule has 21 heavy (non-hydrogen) atoms. The summed E-state index contributed by atoms with van der Waals surface area (Å²) in [7, 11) is 1.64. The fraction of sp³-hybridized carbons (Fsp3) is 0.533. The number of hydrogen-bond donors (Lipinski definition) is 3. The number of guanidine groups is 1. The Balaban J connectivity index is 2.63. The van der Waals surface area contributed by atoms with Crippen molar-refractivity contribution >= 4 is 11.9 Å². The van der Waals surface area contributed by atoms with E-state index in [1.807, 2.05) is 39.0 Å². The van der Waals surface area contributed by atoms with Gasteiger partial charge < -0.3 is 16.0 Å². The van der Waals surface area contributed by atoms with Gasteiger partial charge >= 0.3 is 0 Å². The molecule has 6 heteroatoms. The first-order valence-corrected chi connectivity index (χ1v) is 7.14. The molecule has 116 valence electrons. The highest BCUT2D eigenvalue weighted by Crippen LogP contribution is 2.12. The van der Waals surface area contributed by atoms with Crippen molar-refractivity contribution in [2.75, 3.05) is 20.1 Å². The standard InChI is InChI=1S/C15H25N5O/c1-5-17-14(19-10-12-8-6-7-9-18-12)20-11-15(2,3)13(21)16-4/h6-9H,5,10-11H2,1-4H3,(H,16,21)(H2,17,19,20). The molecule has 0 aliphatic rings. The maximum atomic E-state index is 11.8. The van der Waals surface area contributed by atoms with Crippen LogP contribution in [0.25, 0.3) is 0 Å². The van der Waals surface area contributed by atoms with Gasteiger partial charge in [-0.25, -0.2) is 4.99 Å². The van der Waals surface area contributed by atoms with E-state index in [1.165, 1.54) is 0 Å². The van der Waals surface area contributed by atoms with E-state index in [0.29, 0.717) is 19.0 Å². The molecule has 3 N–H and O–H groups in total. The summed E-state index contributed by atoms with van der Waals surface area (Å²) in [5.41, 5.74) is 0.399. The van der Waals surface area contributed by atoms with E-state index in [1.54, 1.807) is 13.2 Å². The number of carbonyl (C=O) groups excluding carboxylic acids is 1. The molecule has 0 saturated carbocycles. The van der Waals surface area contributed by atoms with E-state index in [2.05, 4.69) is 25.9 Å². The molecular weight excluding hydrogens is 266 g/mol. The number of pyridine rings is 1. The van der Waals surface area contributed by atoms with E-state index in [4.69, 9.17) is 0 Å². The van der Waals surface area contributed by atoms with Crippen molar-refractivity contribution in [1.82, 2.24) is 20.9 Å². The highest BCUT2D eigenvalue weighted by atomic mass is 16.2. The Hall–Kier alpha value is -2.11. The first-order chi connectivity index (χ1) is 9.99. The molecule has 1 aromatic rings. The summed E-state index contributed by atoms with van der Waals surface area (Å²) in [6, 6.07) is 5.75. The molecular formula is C15H25N5O. The van der Waals surface area contributed by atoms with Crippen LogP contribution < -0.4 is 16.0 Å². The van der Waals surface area contributed by atoms with Crippen LogP contribution in [0.5, 0.6) is 0 Å². The molecule has 0 aromatic carbocycles. The van der Waals surface area contributed by atoms with Crippen LogP contribution in [-0.2, 0) is 11.3 Å². The fourth-order valence-electron chi connectivity index (χ4n) is 1.72. The Labute approximate surface area is 126 Å². The molecule has 0 bridgehead atoms. The predicted molar refractivity (Wildman–Crippen MR) is 84.9 cm³/mol. The van der Waals surface area contributed by atoms with Gasteiger partial charge in [0.2, 0.25) is 5.91 Å². The molecule has 6 nitrogen and oxygen atoms in total. The van der Waals surface area contributed by atoms with E-state index >= 15 is 0 Å². The number of aromatic nitrogens is 1. The van der Waals surface area contributed by atoms with Gasteiger partial charge in [-0.2, -0.15) is 0 Å². The highest BCUT2D eigenvalue weighted by Gasteiger charge is 2.26. The lowest BCUT2D eigenvalue weighted by Gasteiger charge is -2.24. The monoisotopic (exact) mass is 291 g/mol. The number of amides is 1. The molecule has 1 rings (SSSR count). The van der Waals surface area contributed by atoms with Crippen LogP contribution in [0.1, 0.15) is 26.5 Å². The number of nitrogens with zero attached hydrogens (tertiary/aromatic N) is 2. The van der Waals surface area contributed by atoms with Gasteiger partial charge in [-0.1, -0.05) is 6.07 Å². The summed E-state index contributed by atoms with van der Waals surface area (Å²) in [6.07, 6.45) is 1.75. The average Bonchev–Trinajstić information content (AvgIpc) is 2.50. The third-order valence-corrected chi connectivity index (χ3v) is 3.01. The van der Waals surface area contributed by atoms with Crippen LogP contribution in [0.15, 0.2) is 29.4 Å². The lowest BCUT2D eigenvalue weighted by Crippen LogP contribution is -2.47. The van der Waals surface area contributed by atoms with Crippen LogP contribution in [0.3, 0.4) is 0 Å². The summed E-state index contributed by atoms with van der Waals surface area (Å²) < 4.78 is 0. The van der Waals surface area contributed by atoms with Crippen molar-refractivity contribution in [1.29, 1.82) is 0 Å². The molecule has 1 amide bonds. The summed E-state index contributed by atoms with van der Waals surface area (Å²) in [6.45, 7) is 7.54. The Kier molecular flexibility index (Phi) is 6.65. The SMILES string of the molecule is CCNC(=NCc1ccccn1)NCC(C)(C)C(=O)NC. The zero-order valence-corrected chi connectivity index (χ0v) is 13.2. The number of nitrogens with one attached hydrogen (secondary N) is 3. The van der Waals surface area contributed by atoms with E-state index < -0.39 is 5.41 Å². The molecule has 0 spiro atoms. The Bertz CT molecular complexity index is 470. The first-order valence-electron chi connectivity index (χ1n) is 7.14. The molecule has 1 heterocycles. The Morgan fingerprint density at radius 1 is 1.33 bits per heavy atom. The Morgan fingerprint density at radius 3 is 2.67 bits per heavy atom. The highest BCUT2D eigenvalue weighted by molar-refractivity contribution is 5.84. The zero-order chi connectivity index (χ0) is 15.7. The minimum atomic E-state index is -0.504. The maximum absolute atomic E-state index is 11.8. The molecule has 0 aliphatic carbocycles. The fourth-order valence-corrected chi connectivity index (χ4v) is 1.72. The van der Waals surface area contributed by atoms with Crippen LogP contribution in [0, 0.1) is 5.41 Å². The zero-order valence-electron chi connectivity index (χ0n) is 13.2. The molecule has 0 saturated heterocycles. The number of carbonyl (C=O) groups is 1. The molecule has 0 fully saturated rings. The molecule has 0 atom stereocenters. The lowest BCUT2D eigenvalue weighted by molar-refractivity contribution is -0.128. The van der Waals surface area contributed by atoms with Gasteiger partial charge in [0.1, 0.15) is 0 Å². The minimum Gasteiger partial charge on any atom is -0.359 e. The first kappa shape index (κ1) is 16.9. The van der Waals surface area contributed by atoms with E-state index in [0.717, 1.165) is 12.2 Å². The topological polar surface area (TPSA) is 78.4 Å². The van der Waals surface area contributed by atoms with Gasteiger partial charge in [-0.05, 0) is 32.9 Å². The number of hydrogen-bond acceptors (Lipinski definition) is 3. The Morgan fingerprint density at radius 2 is 2.10 bits per heavy atom. The van der Waals surface area contributed by atoms with Crippen LogP contribution in [0.4, 0.5) is 0 Å². The van der Waals surface area contributed by atoms with E-state index in [-0.39, 0.29) is 5.91 Å².